The third-order valence-electron chi connectivity index (χ3n) is 6.01. The third kappa shape index (κ3) is 7.50. The molecule has 11 heteroatoms. The smallest absolute Gasteiger partial charge is 0.264 e. The Balaban J connectivity index is 2.08. The van der Waals surface area contributed by atoms with Gasteiger partial charge in [0.2, 0.25) is 11.8 Å². The highest BCUT2D eigenvalue weighted by molar-refractivity contribution is 7.92. The van der Waals surface area contributed by atoms with Crippen LogP contribution in [-0.4, -0.2) is 44.3 Å². The molecule has 0 spiro atoms. The topological polar surface area (TPSA) is 86.8 Å². The summed E-state index contributed by atoms with van der Waals surface area (Å²) in [6.45, 7) is 3.38. The number of carbonyl (C=O) groups excluding carboxylic acids is 2. The molecule has 208 valence electrons. The van der Waals surface area contributed by atoms with Crippen LogP contribution in [0.2, 0.25) is 10.0 Å². The predicted octanol–water partition coefficient (Wildman–Crippen LogP) is 5.66. The van der Waals surface area contributed by atoms with Gasteiger partial charge in [-0.25, -0.2) is 12.8 Å². The van der Waals surface area contributed by atoms with Gasteiger partial charge in [-0.1, -0.05) is 73.4 Å². The van der Waals surface area contributed by atoms with Gasteiger partial charge in [0.1, 0.15) is 18.4 Å². The number of halogens is 3. The van der Waals surface area contributed by atoms with E-state index in [1.54, 1.807) is 25.1 Å². The van der Waals surface area contributed by atoms with Crippen LogP contribution in [0, 0.1) is 5.82 Å². The van der Waals surface area contributed by atoms with Gasteiger partial charge >= 0.3 is 0 Å². The van der Waals surface area contributed by atoms with Crippen LogP contribution in [0.5, 0.6) is 0 Å². The zero-order valence-corrected chi connectivity index (χ0v) is 23.9. The Labute approximate surface area is 238 Å². The maximum atomic E-state index is 13.9. The van der Waals surface area contributed by atoms with Crippen molar-refractivity contribution >= 4 is 50.7 Å². The van der Waals surface area contributed by atoms with Crippen LogP contribution in [0.4, 0.5) is 10.1 Å². The molecular weight excluding hydrogens is 564 g/mol. The Morgan fingerprint density at radius 2 is 1.62 bits per heavy atom. The minimum Gasteiger partial charge on any atom is -0.354 e. The number of nitrogens with zero attached hydrogens (tertiary/aromatic N) is 2. The molecule has 39 heavy (non-hydrogen) atoms. The largest absolute Gasteiger partial charge is 0.354 e. The van der Waals surface area contributed by atoms with E-state index >= 15 is 0 Å². The van der Waals surface area contributed by atoms with Crippen LogP contribution in [0.1, 0.15) is 32.3 Å². The number of rotatable bonds is 12. The molecule has 7 nitrogen and oxygen atoms in total. The number of amides is 2. The van der Waals surface area contributed by atoms with E-state index in [1.165, 1.54) is 59.5 Å². The van der Waals surface area contributed by atoms with Crippen molar-refractivity contribution in [1.29, 1.82) is 0 Å². The average Bonchev–Trinajstić information content (AvgIpc) is 2.93. The Morgan fingerprint density at radius 3 is 2.23 bits per heavy atom. The number of carbonyl (C=O) groups is 2. The highest BCUT2D eigenvalue weighted by atomic mass is 35.5. The minimum atomic E-state index is -4.27. The van der Waals surface area contributed by atoms with Crippen molar-refractivity contribution in [2.45, 2.75) is 44.2 Å². The van der Waals surface area contributed by atoms with Gasteiger partial charge in [-0.15, -0.1) is 0 Å². The van der Waals surface area contributed by atoms with Crippen molar-refractivity contribution in [1.82, 2.24) is 10.2 Å². The molecule has 0 unspecified atom stereocenters. The molecular formula is C28H30Cl2FN3O4S. The van der Waals surface area contributed by atoms with E-state index in [2.05, 4.69) is 5.32 Å². The van der Waals surface area contributed by atoms with Gasteiger partial charge in [0.05, 0.1) is 20.6 Å². The molecule has 0 bridgehead atoms. The Hall–Kier alpha value is -3.14. The summed E-state index contributed by atoms with van der Waals surface area (Å²) >= 11 is 12.6. The molecule has 1 N–H and O–H groups in total. The lowest BCUT2D eigenvalue weighted by Gasteiger charge is -2.33. The number of hydrogen-bond donors (Lipinski definition) is 1. The average molecular weight is 595 g/mol. The second-order valence-corrected chi connectivity index (χ2v) is 11.4. The Bertz CT molecular complexity index is 1390. The van der Waals surface area contributed by atoms with Crippen molar-refractivity contribution in [3.63, 3.8) is 0 Å². The highest BCUT2D eigenvalue weighted by Crippen LogP contribution is 2.35. The summed E-state index contributed by atoms with van der Waals surface area (Å²) in [5.74, 6) is -1.46. The highest BCUT2D eigenvalue weighted by Gasteiger charge is 2.34. The summed E-state index contributed by atoms with van der Waals surface area (Å²) in [5, 5.41) is 2.88. The van der Waals surface area contributed by atoms with Gasteiger partial charge in [-0.05, 0) is 54.8 Å². The van der Waals surface area contributed by atoms with E-state index in [0.29, 0.717) is 18.5 Å². The van der Waals surface area contributed by atoms with Crippen LogP contribution in [-0.2, 0) is 26.2 Å². The fourth-order valence-corrected chi connectivity index (χ4v) is 5.88. The molecule has 0 aromatic heterocycles. The minimum absolute atomic E-state index is 0.0200. The van der Waals surface area contributed by atoms with Crippen molar-refractivity contribution in [2.24, 2.45) is 0 Å². The molecule has 0 saturated carbocycles. The molecule has 0 aliphatic heterocycles. The number of anilines is 1. The van der Waals surface area contributed by atoms with Crippen LogP contribution < -0.4 is 9.62 Å². The SMILES string of the molecule is CCCNC(=O)[C@H](CC)N(Cc1ccc(F)cc1)C(=O)CN(c1cccc(Cl)c1Cl)S(=O)(=O)c1ccccc1. The summed E-state index contributed by atoms with van der Waals surface area (Å²) in [6, 6.07) is 16.8. The van der Waals surface area contributed by atoms with E-state index < -0.39 is 34.3 Å². The number of nitrogens with one attached hydrogen (secondary N) is 1. The summed E-state index contributed by atoms with van der Waals surface area (Å²) in [5.41, 5.74) is 0.594. The van der Waals surface area contributed by atoms with E-state index in [0.717, 1.165) is 4.31 Å². The molecule has 1 atom stereocenters. The maximum Gasteiger partial charge on any atom is 0.264 e. The van der Waals surface area contributed by atoms with Gasteiger partial charge in [-0.2, -0.15) is 0 Å². The van der Waals surface area contributed by atoms with Gasteiger partial charge in [0.25, 0.3) is 10.0 Å². The van der Waals surface area contributed by atoms with Crippen molar-refractivity contribution in [3.05, 3.63) is 94.2 Å². The monoisotopic (exact) mass is 593 g/mol. The van der Waals surface area contributed by atoms with Crippen LogP contribution >= 0.6 is 23.2 Å². The zero-order valence-electron chi connectivity index (χ0n) is 21.6. The molecule has 0 fully saturated rings. The van der Waals surface area contributed by atoms with E-state index in [4.69, 9.17) is 23.2 Å². The zero-order chi connectivity index (χ0) is 28.6. The Kier molecular flexibility index (Phi) is 10.7. The molecule has 3 aromatic rings. The van der Waals surface area contributed by atoms with Crippen LogP contribution in [0.25, 0.3) is 0 Å². The first-order valence-corrected chi connectivity index (χ1v) is 14.6. The quantitative estimate of drug-likeness (QED) is 0.293. The summed E-state index contributed by atoms with van der Waals surface area (Å²) < 4.78 is 42.0. The molecule has 0 saturated heterocycles. The van der Waals surface area contributed by atoms with Gasteiger partial charge < -0.3 is 10.2 Å². The molecule has 0 radical (unpaired) electrons. The van der Waals surface area contributed by atoms with E-state index in [1.807, 2.05) is 6.92 Å². The van der Waals surface area contributed by atoms with Gasteiger partial charge in [-0.3, -0.25) is 13.9 Å². The van der Waals surface area contributed by atoms with E-state index in [-0.39, 0.29) is 39.5 Å². The second kappa shape index (κ2) is 13.8. The fourth-order valence-electron chi connectivity index (χ4n) is 3.99. The summed E-state index contributed by atoms with van der Waals surface area (Å²) in [7, 11) is -4.27. The fraction of sp³-hybridized carbons (Fsp3) is 0.286. The van der Waals surface area contributed by atoms with Crippen LogP contribution in [0.3, 0.4) is 0 Å². The lowest BCUT2D eigenvalue weighted by Crippen LogP contribution is -2.52. The predicted molar refractivity (Wildman–Crippen MR) is 152 cm³/mol. The molecule has 0 aliphatic rings. The lowest BCUT2D eigenvalue weighted by atomic mass is 10.1. The molecule has 3 aromatic carbocycles. The lowest BCUT2D eigenvalue weighted by molar-refractivity contribution is -0.140. The van der Waals surface area contributed by atoms with E-state index in [9.17, 15) is 22.4 Å². The molecule has 0 heterocycles. The number of benzene rings is 3. The van der Waals surface area contributed by atoms with Crippen molar-refractivity contribution in [2.75, 3.05) is 17.4 Å². The first-order chi connectivity index (χ1) is 18.6. The van der Waals surface area contributed by atoms with Gasteiger partial charge in [0.15, 0.2) is 0 Å². The number of hydrogen-bond acceptors (Lipinski definition) is 4. The summed E-state index contributed by atoms with van der Waals surface area (Å²) in [4.78, 5) is 28.3. The van der Waals surface area contributed by atoms with Crippen molar-refractivity contribution < 1.29 is 22.4 Å². The normalized spacial score (nSPS) is 12.0. The molecule has 2 amide bonds. The standard InChI is InChI=1S/C28H30Cl2FN3O4S/c1-3-17-32-28(36)24(4-2)33(18-20-13-15-21(31)16-14-20)26(35)19-34(25-12-8-11-23(29)27(25)30)39(37,38)22-9-6-5-7-10-22/h5-16,24H,3-4,17-19H2,1-2H3,(H,32,36)/t24-/m0/s1. The first kappa shape index (κ1) is 30.4. The van der Waals surface area contributed by atoms with Crippen molar-refractivity contribution in [3.8, 4) is 0 Å². The third-order valence-corrected chi connectivity index (χ3v) is 8.59. The molecule has 0 aliphatic carbocycles. The second-order valence-electron chi connectivity index (χ2n) is 8.76. The first-order valence-electron chi connectivity index (χ1n) is 12.4. The number of sulfonamides is 1. The van der Waals surface area contributed by atoms with Gasteiger partial charge in [0, 0.05) is 13.1 Å². The molecule has 3 rings (SSSR count). The summed E-state index contributed by atoms with van der Waals surface area (Å²) in [6.07, 6.45) is 0.969. The van der Waals surface area contributed by atoms with Crippen LogP contribution in [0.15, 0.2) is 77.7 Å². The Morgan fingerprint density at radius 1 is 0.949 bits per heavy atom. The maximum absolute atomic E-state index is 13.9.